The molecule has 3 rings (SSSR count). The minimum absolute atomic E-state index is 0.132. The topological polar surface area (TPSA) is 84.3 Å². The molecule has 0 aliphatic carbocycles. The molecule has 1 aliphatic rings. The van der Waals surface area contributed by atoms with Crippen LogP contribution in [-0.4, -0.2) is 68.6 Å². The molecule has 0 atom stereocenters. The summed E-state index contributed by atoms with van der Waals surface area (Å²) >= 11 is 6.08. The summed E-state index contributed by atoms with van der Waals surface area (Å²) in [6.45, 7) is 2.47. The fourth-order valence-electron chi connectivity index (χ4n) is 3.02. The van der Waals surface area contributed by atoms with Crippen LogP contribution in [0.3, 0.4) is 0 Å². The van der Waals surface area contributed by atoms with E-state index in [1.807, 2.05) is 4.90 Å². The maximum absolute atomic E-state index is 12.5. The molecular weight excluding hydrogens is 386 g/mol. The third-order valence-corrected chi connectivity index (χ3v) is 4.80. The van der Waals surface area contributed by atoms with E-state index in [-0.39, 0.29) is 18.4 Å². The van der Waals surface area contributed by atoms with Crippen LogP contribution in [0.15, 0.2) is 34.9 Å². The van der Waals surface area contributed by atoms with E-state index in [1.54, 1.807) is 29.2 Å². The van der Waals surface area contributed by atoms with E-state index in [0.717, 1.165) is 0 Å². The summed E-state index contributed by atoms with van der Waals surface area (Å²) in [7, 11) is 3.01. The molecule has 9 heteroatoms. The standard InChI is InChI=1S/C19H22ClN3O5/c1-26-16-11-14(17(27-2)10-13(16)20)21-18(24)12-22-5-7-23(8-6-22)19(25)15-4-3-9-28-15/h3-4,9-11H,5-8,12H2,1-2H3,(H,21,24). The van der Waals surface area contributed by atoms with Crippen LogP contribution < -0.4 is 14.8 Å². The summed E-state index contributed by atoms with van der Waals surface area (Å²) in [5.41, 5.74) is 0.486. The van der Waals surface area contributed by atoms with Gasteiger partial charge in [0.1, 0.15) is 11.5 Å². The Bertz CT molecular complexity index is 832. The zero-order valence-electron chi connectivity index (χ0n) is 15.7. The molecule has 2 amide bonds. The fourth-order valence-corrected chi connectivity index (χ4v) is 3.25. The molecule has 2 heterocycles. The second-order valence-corrected chi connectivity index (χ2v) is 6.69. The molecule has 1 aromatic carbocycles. The van der Waals surface area contributed by atoms with Crippen molar-refractivity contribution >= 4 is 29.1 Å². The van der Waals surface area contributed by atoms with Crippen molar-refractivity contribution in [3.05, 3.63) is 41.3 Å². The number of ether oxygens (including phenoxy) is 2. The highest BCUT2D eigenvalue weighted by atomic mass is 35.5. The zero-order chi connectivity index (χ0) is 20.1. The number of benzene rings is 1. The molecular formula is C19H22ClN3O5. The van der Waals surface area contributed by atoms with Gasteiger partial charge in [-0.3, -0.25) is 14.5 Å². The van der Waals surface area contributed by atoms with Crippen LogP contribution in [0.25, 0.3) is 0 Å². The first-order chi connectivity index (χ1) is 13.5. The number of carbonyl (C=O) groups is 2. The van der Waals surface area contributed by atoms with Crippen molar-refractivity contribution in [2.75, 3.05) is 52.3 Å². The minimum Gasteiger partial charge on any atom is -0.495 e. The van der Waals surface area contributed by atoms with Crippen LogP contribution in [0.5, 0.6) is 11.5 Å². The Kier molecular flexibility index (Phi) is 6.43. The average Bonchev–Trinajstić information content (AvgIpc) is 3.23. The van der Waals surface area contributed by atoms with Gasteiger partial charge in [0.2, 0.25) is 5.91 Å². The van der Waals surface area contributed by atoms with Crippen LogP contribution in [0.2, 0.25) is 5.02 Å². The molecule has 2 aromatic rings. The first kappa shape index (κ1) is 20.0. The number of carbonyl (C=O) groups excluding carboxylic acids is 2. The van der Waals surface area contributed by atoms with E-state index in [0.29, 0.717) is 54.1 Å². The van der Waals surface area contributed by atoms with Crippen LogP contribution in [0, 0.1) is 0 Å². The number of furan rings is 1. The highest BCUT2D eigenvalue weighted by Gasteiger charge is 2.25. The third kappa shape index (κ3) is 4.58. The smallest absolute Gasteiger partial charge is 0.289 e. The van der Waals surface area contributed by atoms with Crippen molar-refractivity contribution in [2.24, 2.45) is 0 Å². The van der Waals surface area contributed by atoms with Gasteiger partial charge in [0, 0.05) is 38.3 Å². The van der Waals surface area contributed by atoms with E-state index >= 15 is 0 Å². The fraction of sp³-hybridized carbons (Fsp3) is 0.368. The van der Waals surface area contributed by atoms with Crippen LogP contribution in [0.1, 0.15) is 10.6 Å². The van der Waals surface area contributed by atoms with E-state index in [4.69, 9.17) is 25.5 Å². The number of halogens is 1. The highest BCUT2D eigenvalue weighted by Crippen LogP contribution is 2.35. The lowest BCUT2D eigenvalue weighted by Gasteiger charge is -2.33. The van der Waals surface area contributed by atoms with E-state index in [9.17, 15) is 9.59 Å². The second kappa shape index (κ2) is 8.99. The second-order valence-electron chi connectivity index (χ2n) is 6.28. The van der Waals surface area contributed by atoms with Gasteiger partial charge < -0.3 is 24.1 Å². The molecule has 0 radical (unpaired) electrons. The first-order valence-corrected chi connectivity index (χ1v) is 9.16. The number of piperazine rings is 1. The van der Waals surface area contributed by atoms with Gasteiger partial charge in [0.05, 0.1) is 37.7 Å². The van der Waals surface area contributed by atoms with Crippen LogP contribution in [0.4, 0.5) is 5.69 Å². The summed E-state index contributed by atoms with van der Waals surface area (Å²) in [5.74, 6) is 0.909. The summed E-state index contributed by atoms with van der Waals surface area (Å²) in [6, 6.07) is 6.55. The lowest BCUT2D eigenvalue weighted by molar-refractivity contribution is -0.117. The number of rotatable bonds is 6. The molecule has 8 nitrogen and oxygen atoms in total. The molecule has 1 aliphatic heterocycles. The van der Waals surface area contributed by atoms with Gasteiger partial charge in [-0.25, -0.2) is 0 Å². The van der Waals surface area contributed by atoms with Gasteiger partial charge >= 0.3 is 0 Å². The van der Waals surface area contributed by atoms with Crippen molar-refractivity contribution in [3.63, 3.8) is 0 Å². The van der Waals surface area contributed by atoms with Crippen molar-refractivity contribution in [3.8, 4) is 11.5 Å². The highest BCUT2D eigenvalue weighted by molar-refractivity contribution is 6.32. The summed E-state index contributed by atoms with van der Waals surface area (Å²) < 4.78 is 15.6. The third-order valence-electron chi connectivity index (χ3n) is 4.51. The Morgan fingerprint density at radius 3 is 2.46 bits per heavy atom. The molecule has 0 saturated carbocycles. The lowest BCUT2D eigenvalue weighted by atomic mass is 10.2. The number of hydrogen-bond acceptors (Lipinski definition) is 6. The van der Waals surface area contributed by atoms with Crippen molar-refractivity contribution in [1.82, 2.24) is 9.80 Å². The largest absolute Gasteiger partial charge is 0.495 e. The number of amides is 2. The number of methoxy groups -OCH3 is 2. The molecule has 150 valence electrons. The molecule has 28 heavy (non-hydrogen) atoms. The summed E-state index contributed by atoms with van der Waals surface area (Å²) in [6.07, 6.45) is 1.48. The molecule has 1 N–H and O–H groups in total. The monoisotopic (exact) mass is 407 g/mol. The van der Waals surface area contributed by atoms with E-state index in [2.05, 4.69) is 5.32 Å². The van der Waals surface area contributed by atoms with Gasteiger partial charge in [0.15, 0.2) is 5.76 Å². The van der Waals surface area contributed by atoms with Crippen molar-refractivity contribution in [2.45, 2.75) is 0 Å². The van der Waals surface area contributed by atoms with E-state index < -0.39 is 0 Å². The Balaban J connectivity index is 1.54. The van der Waals surface area contributed by atoms with Crippen LogP contribution in [-0.2, 0) is 4.79 Å². The predicted molar refractivity (Wildman–Crippen MR) is 104 cm³/mol. The Morgan fingerprint density at radius 2 is 1.86 bits per heavy atom. The Labute approximate surface area is 167 Å². The maximum atomic E-state index is 12.5. The van der Waals surface area contributed by atoms with Gasteiger partial charge in [-0.2, -0.15) is 0 Å². The average molecular weight is 408 g/mol. The number of nitrogens with zero attached hydrogens (tertiary/aromatic N) is 2. The van der Waals surface area contributed by atoms with Crippen LogP contribution >= 0.6 is 11.6 Å². The maximum Gasteiger partial charge on any atom is 0.289 e. The molecule has 0 spiro atoms. The number of anilines is 1. The number of hydrogen-bond donors (Lipinski definition) is 1. The van der Waals surface area contributed by atoms with Gasteiger partial charge in [-0.15, -0.1) is 0 Å². The summed E-state index contributed by atoms with van der Waals surface area (Å²) in [4.78, 5) is 28.5. The van der Waals surface area contributed by atoms with Gasteiger partial charge in [0.25, 0.3) is 5.91 Å². The van der Waals surface area contributed by atoms with Crippen molar-refractivity contribution < 1.29 is 23.5 Å². The van der Waals surface area contributed by atoms with Crippen molar-refractivity contribution in [1.29, 1.82) is 0 Å². The zero-order valence-corrected chi connectivity index (χ0v) is 16.5. The van der Waals surface area contributed by atoms with Gasteiger partial charge in [-0.1, -0.05) is 11.6 Å². The summed E-state index contributed by atoms with van der Waals surface area (Å²) in [5, 5.41) is 3.23. The quantitative estimate of drug-likeness (QED) is 0.791. The van der Waals surface area contributed by atoms with Gasteiger partial charge in [-0.05, 0) is 12.1 Å². The molecule has 0 unspecified atom stereocenters. The first-order valence-electron chi connectivity index (χ1n) is 8.78. The molecule has 0 bridgehead atoms. The van der Waals surface area contributed by atoms with E-state index in [1.165, 1.54) is 20.5 Å². The number of nitrogens with one attached hydrogen (secondary N) is 1. The minimum atomic E-state index is -0.187. The molecule has 1 aromatic heterocycles. The Hall–Kier alpha value is -2.71. The normalized spacial score (nSPS) is 14.6. The molecule has 1 saturated heterocycles. The predicted octanol–water partition coefficient (Wildman–Crippen LogP) is 2.35. The SMILES string of the molecule is COc1cc(NC(=O)CN2CCN(C(=O)c3ccco3)CC2)c(OC)cc1Cl. The molecule has 1 fully saturated rings. The lowest BCUT2D eigenvalue weighted by Crippen LogP contribution is -2.50. The Morgan fingerprint density at radius 1 is 1.14 bits per heavy atom.